The molecule has 3 N–H and O–H groups in total. The van der Waals surface area contributed by atoms with Gasteiger partial charge in [-0.15, -0.1) is 0 Å². The average Bonchev–Trinajstić information content (AvgIpc) is 3.62. The van der Waals surface area contributed by atoms with Crippen molar-refractivity contribution in [3.05, 3.63) is 72.2 Å². The van der Waals surface area contributed by atoms with Crippen molar-refractivity contribution in [1.82, 2.24) is 30.4 Å². The molecule has 3 aliphatic heterocycles. The lowest BCUT2D eigenvalue weighted by atomic mass is 9.95. The molecule has 4 heterocycles. The fourth-order valence-corrected chi connectivity index (χ4v) is 12.1. The number of rotatable bonds is 11. The molecule has 4 atom stereocenters. The molecule has 8 rings (SSSR count). The lowest BCUT2D eigenvalue weighted by molar-refractivity contribution is -0.135. The number of carbonyl (C=O) groups excluding carboxylic acids is 4. The molecule has 0 unspecified atom stereocenters. The molecule has 13 nitrogen and oxygen atoms in total. The summed E-state index contributed by atoms with van der Waals surface area (Å²) in [5.41, 5.74) is 7.18. The monoisotopic (exact) mass is 817 g/mol. The van der Waals surface area contributed by atoms with Crippen LogP contribution in [0, 0.1) is 11.8 Å². The third-order valence-corrected chi connectivity index (χ3v) is 15.2. The van der Waals surface area contributed by atoms with E-state index < -0.39 is 32.3 Å². The lowest BCUT2D eigenvalue weighted by Crippen LogP contribution is -2.53. The first-order valence-electron chi connectivity index (χ1n) is 20.9. The summed E-state index contributed by atoms with van der Waals surface area (Å²) < 4.78 is 9.67. The molecule has 310 valence electrons. The summed E-state index contributed by atoms with van der Waals surface area (Å²) >= 11 is 0. The quantitative estimate of drug-likeness (QED) is 0.132. The first-order chi connectivity index (χ1) is 28.3. The third kappa shape index (κ3) is 8.37. The Morgan fingerprint density at radius 1 is 0.864 bits per heavy atom. The number of hydrogen-bond donors (Lipinski definition) is 3. The summed E-state index contributed by atoms with van der Waals surface area (Å²) in [4.78, 5) is 69.4. The minimum absolute atomic E-state index is 0.0536. The maximum atomic E-state index is 14.1. The van der Waals surface area contributed by atoms with Gasteiger partial charge in [0.15, 0.2) is 0 Å². The lowest BCUT2D eigenvalue weighted by Gasteiger charge is -2.31. The van der Waals surface area contributed by atoms with Crippen LogP contribution in [0.1, 0.15) is 69.8 Å². The number of hydrogen-bond acceptors (Lipinski definition) is 8. The predicted molar refractivity (Wildman–Crippen MR) is 231 cm³/mol. The van der Waals surface area contributed by atoms with Gasteiger partial charge >= 0.3 is 12.2 Å². The van der Waals surface area contributed by atoms with Crippen molar-refractivity contribution in [2.45, 2.75) is 95.7 Å². The van der Waals surface area contributed by atoms with E-state index >= 15 is 0 Å². The number of imidazole rings is 1. The summed E-state index contributed by atoms with van der Waals surface area (Å²) in [6.45, 7) is 9.09. The minimum Gasteiger partial charge on any atom is -0.453 e. The van der Waals surface area contributed by atoms with Crippen LogP contribution >= 0.6 is 0 Å². The summed E-state index contributed by atoms with van der Waals surface area (Å²) in [5, 5.41) is 7.67. The van der Waals surface area contributed by atoms with Crippen molar-refractivity contribution < 1.29 is 28.7 Å². The topological polar surface area (TPSA) is 158 Å². The molecule has 3 aromatic carbocycles. The SMILES string of the molecule is COC(=O)N[C@@H](CC1CC1)C(=O)N1C[Si](C)(C)C[C@H]1c1nc2c(ccc3cc(-c4ccc(C5=CN=C([C@@H]6CCCN6C(=O)[C@@H](NC(=O)OC)C(C)C)C5)cc4)ccc32)[nH]1. The number of aliphatic imine (C=N–C) groups is 1. The zero-order chi connectivity index (χ0) is 41.6. The molecule has 0 radical (unpaired) electrons. The minimum atomic E-state index is -1.76. The largest absolute Gasteiger partial charge is 0.453 e. The molecular weight excluding hydrogens is 763 g/mol. The van der Waals surface area contributed by atoms with E-state index in [1.165, 1.54) is 14.2 Å². The highest BCUT2D eigenvalue weighted by Gasteiger charge is 2.46. The second kappa shape index (κ2) is 16.3. The van der Waals surface area contributed by atoms with Gasteiger partial charge in [0, 0.05) is 36.4 Å². The highest BCUT2D eigenvalue weighted by atomic mass is 28.3. The van der Waals surface area contributed by atoms with Gasteiger partial charge in [-0.2, -0.15) is 0 Å². The number of amides is 4. The van der Waals surface area contributed by atoms with Crippen LogP contribution in [0.4, 0.5) is 9.59 Å². The second-order valence-electron chi connectivity index (χ2n) is 17.8. The smallest absolute Gasteiger partial charge is 0.407 e. The molecule has 3 fully saturated rings. The number of benzene rings is 3. The Hall–Kier alpha value is -5.50. The van der Waals surface area contributed by atoms with Gasteiger partial charge in [0.2, 0.25) is 11.8 Å². The first-order valence-corrected chi connectivity index (χ1v) is 24.3. The number of alkyl carbamates (subject to hydrolysis) is 2. The van der Waals surface area contributed by atoms with Gasteiger partial charge < -0.3 is 34.9 Å². The molecule has 1 aliphatic carbocycles. The number of H-pyrrole nitrogens is 1. The normalized spacial score (nSPS) is 21.1. The number of fused-ring (bicyclic) bond motifs is 3. The van der Waals surface area contributed by atoms with Crippen molar-refractivity contribution in [2.24, 2.45) is 16.8 Å². The highest BCUT2D eigenvalue weighted by molar-refractivity contribution is 6.78. The molecule has 4 aromatic rings. The highest BCUT2D eigenvalue weighted by Crippen LogP contribution is 2.41. The Kier molecular flexibility index (Phi) is 11.1. The molecule has 1 aromatic heterocycles. The first kappa shape index (κ1) is 40.3. The van der Waals surface area contributed by atoms with Crippen LogP contribution in [-0.4, -0.2) is 103 Å². The summed E-state index contributed by atoms with van der Waals surface area (Å²) in [7, 11) is 0.874. The summed E-state index contributed by atoms with van der Waals surface area (Å²) in [5.74, 6) is 1.01. The predicted octanol–water partition coefficient (Wildman–Crippen LogP) is 7.60. The molecule has 1 saturated carbocycles. The third-order valence-electron chi connectivity index (χ3n) is 12.5. The van der Waals surface area contributed by atoms with Gasteiger partial charge in [-0.25, -0.2) is 14.6 Å². The molecular formula is C45H55N7O6Si. The van der Waals surface area contributed by atoms with Gasteiger partial charge in [-0.1, -0.05) is 82.2 Å². The maximum absolute atomic E-state index is 14.1. The average molecular weight is 818 g/mol. The van der Waals surface area contributed by atoms with Crippen molar-refractivity contribution in [3.8, 4) is 11.1 Å². The fourth-order valence-electron chi connectivity index (χ4n) is 9.17. The zero-order valence-corrected chi connectivity index (χ0v) is 35.8. The summed E-state index contributed by atoms with van der Waals surface area (Å²) in [6, 6.07) is 18.5. The van der Waals surface area contributed by atoms with Crippen molar-refractivity contribution in [1.29, 1.82) is 0 Å². The molecule has 0 spiro atoms. The van der Waals surface area contributed by atoms with Crippen molar-refractivity contribution in [2.75, 3.05) is 26.9 Å². The Bertz CT molecular complexity index is 2350. The Morgan fingerprint density at radius 3 is 2.29 bits per heavy atom. The fraction of sp³-hybridized carbons (Fsp3) is 0.467. The summed E-state index contributed by atoms with van der Waals surface area (Å²) in [6.07, 6.45) is 6.64. The standard InChI is InChI=1S/C45H55N7O6Si/c1-26(2)39(50-45(56)58-4)43(54)51-19-7-8-37(51)35-22-32(23-46-35)29-13-11-28(12-14-29)30-15-17-33-31(21-30)16-18-34-40(33)49-41(47-34)38-24-59(5,6)25-52(38)42(53)36(20-27-9-10-27)48-44(55)57-3/h11-18,21,23,26-27,36-39H,7-10,19-20,22,24-25H2,1-6H3,(H,47,49)(H,48,55)(H,50,56)/t36-,37-,38-,39-/m0/s1. The van der Waals surface area contributed by atoms with E-state index in [-0.39, 0.29) is 29.8 Å². The van der Waals surface area contributed by atoms with Crippen molar-refractivity contribution >= 4 is 65.2 Å². The Morgan fingerprint density at radius 2 is 1.58 bits per heavy atom. The number of aromatic nitrogens is 2. The van der Waals surface area contributed by atoms with Gasteiger partial charge in [-0.05, 0) is 76.9 Å². The molecule has 4 aliphatic rings. The van der Waals surface area contributed by atoms with Crippen LogP contribution in [0.15, 0.2) is 65.8 Å². The number of nitrogens with one attached hydrogen (secondary N) is 3. The number of carbonyl (C=O) groups is 4. The van der Waals surface area contributed by atoms with E-state index in [2.05, 4.69) is 83.3 Å². The van der Waals surface area contributed by atoms with Crippen LogP contribution in [-0.2, 0) is 19.1 Å². The number of likely N-dealkylation sites (tertiary alicyclic amines) is 1. The number of aromatic amines is 1. The van der Waals surface area contributed by atoms with Crippen molar-refractivity contribution in [3.63, 3.8) is 0 Å². The molecule has 2 saturated heterocycles. The number of methoxy groups -OCH3 is 2. The number of allylic oxidation sites excluding steroid dienone is 1. The van der Waals surface area contributed by atoms with E-state index in [9.17, 15) is 19.2 Å². The van der Waals surface area contributed by atoms with E-state index in [0.29, 0.717) is 31.5 Å². The molecule has 0 bridgehead atoms. The number of nitrogens with zero attached hydrogens (tertiary/aromatic N) is 4. The van der Waals surface area contributed by atoms with Gasteiger partial charge in [-0.3, -0.25) is 14.6 Å². The van der Waals surface area contributed by atoms with Gasteiger partial charge in [0.1, 0.15) is 17.9 Å². The molecule has 14 heteroatoms. The van der Waals surface area contributed by atoms with E-state index in [1.807, 2.05) is 29.8 Å². The molecule has 59 heavy (non-hydrogen) atoms. The second-order valence-corrected chi connectivity index (χ2v) is 22.9. The van der Waals surface area contributed by atoms with E-state index in [0.717, 1.165) is 87.3 Å². The van der Waals surface area contributed by atoms with Gasteiger partial charge in [0.25, 0.3) is 0 Å². The Labute approximate surface area is 346 Å². The van der Waals surface area contributed by atoms with Crippen LogP contribution in [0.3, 0.4) is 0 Å². The van der Waals surface area contributed by atoms with Crippen LogP contribution in [0.25, 0.3) is 38.5 Å². The van der Waals surface area contributed by atoms with Crippen LogP contribution in [0.5, 0.6) is 0 Å². The Balaban J connectivity index is 0.965. The van der Waals surface area contributed by atoms with Gasteiger partial charge in [0.05, 0.1) is 45.4 Å². The zero-order valence-electron chi connectivity index (χ0n) is 34.8. The maximum Gasteiger partial charge on any atom is 0.407 e. The van der Waals surface area contributed by atoms with Crippen LogP contribution < -0.4 is 10.6 Å². The molecule has 4 amide bonds. The number of ether oxygens (including phenoxy) is 2. The van der Waals surface area contributed by atoms with E-state index in [1.54, 1.807) is 0 Å². The van der Waals surface area contributed by atoms with Crippen LogP contribution in [0.2, 0.25) is 19.1 Å². The van der Waals surface area contributed by atoms with E-state index in [4.69, 9.17) is 19.5 Å².